The van der Waals surface area contributed by atoms with E-state index in [-0.39, 0.29) is 5.97 Å². The third kappa shape index (κ3) is 2.14. The Balaban J connectivity index is 1.36. The fourth-order valence-electron chi connectivity index (χ4n) is 6.51. The van der Waals surface area contributed by atoms with Crippen LogP contribution in [0.5, 0.6) is 0 Å². The Kier molecular flexibility index (Phi) is 3.23. The minimum atomic E-state index is -0.767. The van der Waals surface area contributed by atoms with Crippen LogP contribution in [-0.2, 0) is 19.7 Å². The van der Waals surface area contributed by atoms with Gasteiger partial charge in [0, 0.05) is 12.8 Å². The Bertz CT molecular complexity index is 976. The van der Waals surface area contributed by atoms with Gasteiger partial charge in [-0.2, -0.15) is 0 Å². The largest absolute Gasteiger partial charge is 0.458 e. The molecule has 0 aromatic heterocycles. The summed E-state index contributed by atoms with van der Waals surface area (Å²) in [6.07, 6.45) is 2.42. The van der Waals surface area contributed by atoms with Crippen LogP contribution in [0.25, 0.3) is 11.1 Å². The number of piperidine rings is 1. The molecule has 3 fully saturated rings. The SMILES string of the molecule is CC1(OC(=O)C2(C)c3ccccc3-c3ccccc32)CC2C3OC3C(C1)[N+]2(C)C. The summed E-state index contributed by atoms with van der Waals surface area (Å²) in [5, 5.41) is 0. The van der Waals surface area contributed by atoms with Crippen LogP contribution in [-0.4, -0.2) is 54.4 Å². The zero-order valence-electron chi connectivity index (χ0n) is 17.5. The average Bonchev–Trinajstić information content (AvgIpc) is 3.41. The van der Waals surface area contributed by atoms with E-state index in [9.17, 15) is 4.79 Å². The second-order valence-electron chi connectivity index (χ2n) is 10.3. The van der Waals surface area contributed by atoms with Crippen LogP contribution in [0.3, 0.4) is 0 Å². The first kappa shape index (κ1) is 17.7. The van der Waals surface area contributed by atoms with E-state index in [4.69, 9.17) is 9.47 Å². The number of likely N-dealkylation sites (N-methyl/N-ethyl adjacent to an activating group) is 1. The fourth-order valence-corrected chi connectivity index (χ4v) is 6.51. The summed E-state index contributed by atoms with van der Waals surface area (Å²) < 4.78 is 13.3. The lowest BCUT2D eigenvalue weighted by atomic mass is 9.79. The minimum absolute atomic E-state index is 0.126. The van der Waals surface area contributed by atoms with Gasteiger partial charge in [-0.1, -0.05) is 48.5 Å². The number of hydrogen-bond acceptors (Lipinski definition) is 3. The van der Waals surface area contributed by atoms with Crippen molar-refractivity contribution in [2.75, 3.05) is 14.1 Å². The lowest BCUT2D eigenvalue weighted by molar-refractivity contribution is -0.939. The van der Waals surface area contributed by atoms with E-state index < -0.39 is 11.0 Å². The highest BCUT2D eigenvalue weighted by Gasteiger charge is 2.73. The van der Waals surface area contributed by atoms with Gasteiger partial charge in [0.05, 0.1) is 14.1 Å². The van der Waals surface area contributed by atoms with Gasteiger partial charge in [0.1, 0.15) is 35.3 Å². The first-order valence-electron chi connectivity index (χ1n) is 10.7. The molecule has 0 radical (unpaired) electrons. The van der Waals surface area contributed by atoms with E-state index in [1.54, 1.807) is 0 Å². The Labute approximate surface area is 172 Å². The molecule has 3 aliphatic heterocycles. The molecule has 3 heterocycles. The summed E-state index contributed by atoms with van der Waals surface area (Å²) in [6, 6.07) is 17.3. The van der Waals surface area contributed by atoms with Crippen molar-refractivity contribution in [3.63, 3.8) is 0 Å². The fraction of sp³-hybridized carbons (Fsp3) is 0.480. The van der Waals surface area contributed by atoms with Crippen LogP contribution in [0.4, 0.5) is 0 Å². The molecule has 4 atom stereocenters. The molecular formula is C25H28NO3+. The lowest BCUT2D eigenvalue weighted by Crippen LogP contribution is -2.63. The molecule has 0 N–H and O–H groups in total. The van der Waals surface area contributed by atoms with Crippen LogP contribution < -0.4 is 0 Å². The van der Waals surface area contributed by atoms with Crippen LogP contribution in [0.1, 0.15) is 37.8 Å². The molecule has 4 nitrogen and oxygen atoms in total. The zero-order valence-corrected chi connectivity index (χ0v) is 17.5. The molecule has 2 bridgehead atoms. The number of ether oxygens (including phenoxy) is 2. The van der Waals surface area contributed by atoms with Crippen molar-refractivity contribution in [2.24, 2.45) is 0 Å². The summed E-state index contributed by atoms with van der Waals surface area (Å²) in [5.74, 6) is -0.126. The molecule has 0 saturated carbocycles. The highest BCUT2D eigenvalue weighted by molar-refractivity contribution is 5.97. The number of benzene rings is 2. The van der Waals surface area contributed by atoms with Gasteiger partial charge >= 0.3 is 5.97 Å². The molecule has 3 saturated heterocycles. The second kappa shape index (κ2) is 5.30. The maximum absolute atomic E-state index is 13.8. The number of epoxide rings is 1. The molecule has 6 rings (SSSR count). The summed E-state index contributed by atoms with van der Waals surface area (Å²) in [7, 11) is 4.61. The number of carbonyl (C=O) groups excluding carboxylic acids is 1. The predicted molar refractivity (Wildman–Crippen MR) is 110 cm³/mol. The maximum atomic E-state index is 13.8. The summed E-state index contributed by atoms with van der Waals surface area (Å²) in [4.78, 5) is 13.8. The molecular weight excluding hydrogens is 362 g/mol. The van der Waals surface area contributed by atoms with Crippen molar-refractivity contribution >= 4 is 5.97 Å². The quantitative estimate of drug-likeness (QED) is 0.446. The highest BCUT2D eigenvalue weighted by atomic mass is 16.6. The number of quaternary nitrogens is 1. The van der Waals surface area contributed by atoms with Gasteiger partial charge in [-0.15, -0.1) is 0 Å². The Morgan fingerprint density at radius 2 is 1.41 bits per heavy atom. The van der Waals surface area contributed by atoms with Gasteiger partial charge in [-0.05, 0) is 36.1 Å². The zero-order chi connectivity index (χ0) is 20.2. The van der Waals surface area contributed by atoms with Gasteiger partial charge < -0.3 is 14.0 Å². The van der Waals surface area contributed by atoms with Crippen molar-refractivity contribution in [3.05, 3.63) is 59.7 Å². The van der Waals surface area contributed by atoms with Crippen molar-refractivity contribution in [1.82, 2.24) is 0 Å². The van der Waals surface area contributed by atoms with Gasteiger partial charge in [0.25, 0.3) is 0 Å². The molecule has 150 valence electrons. The third-order valence-electron chi connectivity index (χ3n) is 8.28. The molecule has 1 aliphatic carbocycles. The highest BCUT2D eigenvalue weighted by Crippen LogP contribution is 2.56. The molecule has 29 heavy (non-hydrogen) atoms. The first-order chi connectivity index (χ1) is 13.8. The monoisotopic (exact) mass is 390 g/mol. The number of rotatable bonds is 2. The van der Waals surface area contributed by atoms with Gasteiger partial charge in [-0.3, -0.25) is 4.79 Å². The van der Waals surface area contributed by atoms with E-state index in [1.165, 1.54) is 0 Å². The summed E-state index contributed by atoms with van der Waals surface area (Å²) in [5.41, 5.74) is 3.18. The van der Waals surface area contributed by atoms with Gasteiger partial charge in [-0.25, -0.2) is 0 Å². The van der Waals surface area contributed by atoms with Crippen LogP contribution >= 0.6 is 0 Å². The average molecular weight is 391 g/mol. The van der Waals surface area contributed by atoms with Crippen molar-refractivity contribution in [1.29, 1.82) is 0 Å². The van der Waals surface area contributed by atoms with Crippen LogP contribution in [0.15, 0.2) is 48.5 Å². The smallest absolute Gasteiger partial charge is 0.321 e. The number of morpholine rings is 1. The molecule has 0 spiro atoms. The summed E-state index contributed by atoms with van der Waals surface area (Å²) in [6.45, 7) is 4.16. The maximum Gasteiger partial charge on any atom is 0.321 e. The van der Waals surface area contributed by atoms with E-state index in [0.29, 0.717) is 24.3 Å². The number of esters is 1. The Morgan fingerprint density at radius 3 is 1.93 bits per heavy atom. The second-order valence-corrected chi connectivity index (χ2v) is 10.3. The van der Waals surface area contributed by atoms with E-state index in [0.717, 1.165) is 39.6 Å². The van der Waals surface area contributed by atoms with Crippen molar-refractivity contribution in [3.8, 4) is 11.1 Å². The van der Waals surface area contributed by atoms with Crippen molar-refractivity contribution < 1.29 is 18.8 Å². The molecule has 4 aliphatic rings. The van der Waals surface area contributed by atoms with Crippen LogP contribution in [0, 0.1) is 0 Å². The normalized spacial score (nSPS) is 36.7. The van der Waals surface area contributed by atoms with Crippen molar-refractivity contribution in [2.45, 2.75) is 62.0 Å². The van der Waals surface area contributed by atoms with E-state index >= 15 is 0 Å². The first-order valence-corrected chi connectivity index (χ1v) is 10.7. The number of carbonyl (C=O) groups is 1. The molecule has 2 aromatic carbocycles. The number of fused-ring (bicyclic) bond motifs is 8. The van der Waals surface area contributed by atoms with Gasteiger partial charge in [0.15, 0.2) is 0 Å². The van der Waals surface area contributed by atoms with E-state index in [1.807, 2.05) is 31.2 Å². The minimum Gasteiger partial charge on any atom is -0.458 e. The number of hydrogen-bond donors (Lipinski definition) is 0. The number of nitrogens with zero attached hydrogens (tertiary/aromatic N) is 1. The van der Waals surface area contributed by atoms with Crippen LogP contribution in [0.2, 0.25) is 0 Å². The standard InChI is InChI=1S/C25H28NO3/c1-24(13-19-21-22(28-21)20(14-24)26(19,3)4)29-23(27)25(2)17-11-7-5-9-15(17)16-10-6-8-12-18(16)25/h5-12,19-22H,13-14H2,1-4H3/q+1. The molecule has 4 unspecified atom stereocenters. The molecule has 0 amide bonds. The molecule has 4 heteroatoms. The Hall–Kier alpha value is -2.17. The third-order valence-corrected chi connectivity index (χ3v) is 8.28. The van der Waals surface area contributed by atoms with E-state index in [2.05, 4.69) is 45.3 Å². The predicted octanol–water partition coefficient (Wildman–Crippen LogP) is 3.66. The van der Waals surface area contributed by atoms with Gasteiger partial charge in [0.2, 0.25) is 0 Å². The lowest BCUT2D eigenvalue weighted by Gasteiger charge is -2.49. The Morgan fingerprint density at radius 1 is 0.931 bits per heavy atom. The molecule has 2 aromatic rings. The topological polar surface area (TPSA) is 38.8 Å². The summed E-state index contributed by atoms with van der Waals surface area (Å²) >= 11 is 0.